The molecule has 1 N–H and O–H groups in total. The van der Waals surface area contributed by atoms with Crippen LogP contribution in [0.2, 0.25) is 0 Å². The Morgan fingerprint density at radius 2 is 1.83 bits per heavy atom. The Kier molecular flexibility index (Phi) is 3.29. The number of pyridine rings is 1. The number of nitrogens with one attached hydrogen (secondary N) is 1. The van der Waals surface area contributed by atoms with Crippen LogP contribution in [0.3, 0.4) is 0 Å². The number of rotatable bonds is 3. The molecule has 0 saturated heterocycles. The Hall–Kier alpha value is -2.76. The maximum Gasteiger partial charge on any atom is 0.282 e. The highest BCUT2D eigenvalue weighted by molar-refractivity contribution is 6.06. The second-order valence-corrected chi connectivity index (χ2v) is 3.46. The Bertz CT molecular complexity index is 584. The number of hydrogen-bond donors (Lipinski definition) is 1. The number of anilines is 1. The highest BCUT2D eigenvalue weighted by Gasteiger charge is 2.18. The average Bonchev–Trinajstić information content (AvgIpc) is 2.40. The van der Waals surface area contributed by atoms with E-state index < -0.39 is 10.8 Å². The first kappa shape index (κ1) is 11.7. The quantitative estimate of drug-likeness (QED) is 0.661. The maximum atomic E-state index is 11.9. The summed E-state index contributed by atoms with van der Waals surface area (Å²) in [6.45, 7) is 0. The summed E-state index contributed by atoms with van der Waals surface area (Å²) >= 11 is 0. The number of benzene rings is 1. The van der Waals surface area contributed by atoms with Gasteiger partial charge in [0.1, 0.15) is 5.56 Å². The largest absolute Gasteiger partial charge is 0.322 e. The number of para-hydroxylation sites is 1. The fourth-order valence-corrected chi connectivity index (χ4v) is 1.46. The summed E-state index contributed by atoms with van der Waals surface area (Å²) < 4.78 is 0. The van der Waals surface area contributed by atoms with Gasteiger partial charge < -0.3 is 5.32 Å². The summed E-state index contributed by atoms with van der Waals surface area (Å²) in [6, 6.07) is 9.01. The van der Waals surface area contributed by atoms with E-state index in [4.69, 9.17) is 0 Å². The number of carbonyl (C=O) groups is 1. The Morgan fingerprint density at radius 1 is 1.17 bits per heavy atom. The standard InChI is InChI=1S/C12H9N3O3/c16-12(14-9-5-7-13-8-6-9)10-3-1-2-4-11(10)15(17)18/h1-8H,(H,13,14,16). The molecule has 0 atom stereocenters. The number of aromatic nitrogens is 1. The van der Waals surface area contributed by atoms with Crippen molar-refractivity contribution in [1.82, 2.24) is 4.98 Å². The molecule has 0 aliphatic heterocycles. The zero-order valence-corrected chi connectivity index (χ0v) is 9.24. The zero-order valence-electron chi connectivity index (χ0n) is 9.24. The monoisotopic (exact) mass is 243 g/mol. The van der Waals surface area contributed by atoms with Crippen LogP contribution in [0.5, 0.6) is 0 Å². The normalized spacial score (nSPS) is 9.78. The molecule has 2 rings (SSSR count). The minimum Gasteiger partial charge on any atom is -0.322 e. The SMILES string of the molecule is O=C(Nc1ccncc1)c1ccccc1[N+](=O)[O-]. The Balaban J connectivity index is 2.27. The molecule has 0 aliphatic carbocycles. The molecule has 1 amide bonds. The van der Waals surface area contributed by atoms with Gasteiger partial charge in [-0.2, -0.15) is 0 Å². The molecular weight excluding hydrogens is 234 g/mol. The Labute approximate surface area is 102 Å². The van der Waals surface area contributed by atoms with E-state index in [0.717, 1.165) is 0 Å². The summed E-state index contributed by atoms with van der Waals surface area (Å²) in [5.41, 5.74) is 0.344. The predicted octanol–water partition coefficient (Wildman–Crippen LogP) is 2.24. The molecule has 90 valence electrons. The molecule has 0 bridgehead atoms. The van der Waals surface area contributed by atoms with Crippen LogP contribution >= 0.6 is 0 Å². The topological polar surface area (TPSA) is 85.1 Å². The van der Waals surface area contributed by atoms with Gasteiger partial charge in [-0.05, 0) is 18.2 Å². The minimum atomic E-state index is -0.582. The predicted molar refractivity (Wildman–Crippen MR) is 65.3 cm³/mol. The van der Waals surface area contributed by atoms with E-state index >= 15 is 0 Å². The lowest BCUT2D eigenvalue weighted by atomic mass is 10.1. The van der Waals surface area contributed by atoms with Gasteiger partial charge in [-0.1, -0.05) is 12.1 Å². The first-order chi connectivity index (χ1) is 8.68. The molecule has 0 fully saturated rings. The molecule has 0 aliphatic rings. The van der Waals surface area contributed by atoms with Crippen LogP contribution in [0.25, 0.3) is 0 Å². The van der Waals surface area contributed by atoms with Crippen molar-refractivity contribution >= 4 is 17.3 Å². The molecule has 6 heteroatoms. The van der Waals surface area contributed by atoms with Gasteiger partial charge in [-0.15, -0.1) is 0 Å². The second kappa shape index (κ2) is 5.05. The van der Waals surface area contributed by atoms with Crippen LogP contribution in [0.1, 0.15) is 10.4 Å². The van der Waals surface area contributed by atoms with Gasteiger partial charge >= 0.3 is 0 Å². The highest BCUT2D eigenvalue weighted by atomic mass is 16.6. The van der Waals surface area contributed by atoms with Crippen molar-refractivity contribution in [1.29, 1.82) is 0 Å². The average molecular weight is 243 g/mol. The summed E-state index contributed by atoms with van der Waals surface area (Å²) in [6.07, 6.45) is 3.05. The molecule has 2 aromatic rings. The van der Waals surface area contributed by atoms with E-state index in [1.54, 1.807) is 18.2 Å². The van der Waals surface area contributed by atoms with Gasteiger partial charge in [0.05, 0.1) is 4.92 Å². The van der Waals surface area contributed by atoms with Crippen molar-refractivity contribution in [2.24, 2.45) is 0 Å². The number of hydrogen-bond acceptors (Lipinski definition) is 4. The van der Waals surface area contributed by atoms with E-state index in [9.17, 15) is 14.9 Å². The van der Waals surface area contributed by atoms with Crippen molar-refractivity contribution in [3.8, 4) is 0 Å². The van der Waals surface area contributed by atoms with Gasteiger partial charge in [0.2, 0.25) is 0 Å². The van der Waals surface area contributed by atoms with E-state index in [1.165, 1.54) is 30.6 Å². The van der Waals surface area contributed by atoms with E-state index in [1.807, 2.05) is 0 Å². The Morgan fingerprint density at radius 3 is 2.50 bits per heavy atom. The van der Waals surface area contributed by atoms with Crippen LogP contribution in [-0.4, -0.2) is 15.8 Å². The number of amides is 1. The van der Waals surface area contributed by atoms with Gasteiger partial charge in [0.25, 0.3) is 11.6 Å². The number of nitro benzene ring substituents is 1. The minimum absolute atomic E-state index is 0.0271. The number of carbonyl (C=O) groups excluding carboxylic acids is 1. The van der Waals surface area contributed by atoms with Crippen molar-refractivity contribution in [2.45, 2.75) is 0 Å². The lowest BCUT2D eigenvalue weighted by molar-refractivity contribution is -0.385. The molecule has 18 heavy (non-hydrogen) atoms. The molecule has 0 radical (unpaired) electrons. The highest BCUT2D eigenvalue weighted by Crippen LogP contribution is 2.18. The van der Waals surface area contributed by atoms with Crippen LogP contribution in [0.15, 0.2) is 48.8 Å². The lowest BCUT2D eigenvalue weighted by Crippen LogP contribution is -2.13. The third kappa shape index (κ3) is 2.49. The van der Waals surface area contributed by atoms with E-state index in [0.29, 0.717) is 5.69 Å². The molecule has 0 spiro atoms. The first-order valence-electron chi connectivity index (χ1n) is 5.13. The van der Waals surface area contributed by atoms with Crippen molar-refractivity contribution in [2.75, 3.05) is 5.32 Å². The zero-order chi connectivity index (χ0) is 13.0. The molecule has 1 aromatic heterocycles. The van der Waals surface area contributed by atoms with Crippen molar-refractivity contribution in [3.63, 3.8) is 0 Å². The van der Waals surface area contributed by atoms with Crippen LogP contribution in [0, 0.1) is 10.1 Å². The number of nitrogens with zero attached hydrogens (tertiary/aromatic N) is 2. The molecule has 6 nitrogen and oxygen atoms in total. The fourth-order valence-electron chi connectivity index (χ4n) is 1.46. The van der Waals surface area contributed by atoms with Gasteiger partial charge in [0, 0.05) is 24.1 Å². The van der Waals surface area contributed by atoms with Crippen LogP contribution in [0.4, 0.5) is 11.4 Å². The van der Waals surface area contributed by atoms with E-state index in [2.05, 4.69) is 10.3 Å². The molecule has 0 unspecified atom stereocenters. The molecule has 1 aromatic carbocycles. The second-order valence-electron chi connectivity index (χ2n) is 3.46. The first-order valence-corrected chi connectivity index (χ1v) is 5.13. The van der Waals surface area contributed by atoms with E-state index in [-0.39, 0.29) is 11.3 Å². The molecule has 0 saturated carbocycles. The van der Waals surface area contributed by atoms with Crippen LogP contribution < -0.4 is 5.32 Å². The van der Waals surface area contributed by atoms with Gasteiger partial charge in [-0.25, -0.2) is 0 Å². The number of nitro groups is 1. The maximum absolute atomic E-state index is 11.9. The lowest BCUT2D eigenvalue weighted by Gasteiger charge is -2.04. The van der Waals surface area contributed by atoms with Gasteiger partial charge in [0.15, 0.2) is 0 Å². The summed E-state index contributed by atoms with van der Waals surface area (Å²) in [4.78, 5) is 25.9. The fraction of sp³-hybridized carbons (Fsp3) is 0. The molecular formula is C12H9N3O3. The molecule has 1 heterocycles. The summed E-state index contributed by atoms with van der Waals surface area (Å²) in [7, 11) is 0. The van der Waals surface area contributed by atoms with Gasteiger partial charge in [-0.3, -0.25) is 19.9 Å². The van der Waals surface area contributed by atoms with Crippen molar-refractivity contribution < 1.29 is 9.72 Å². The third-order valence-electron chi connectivity index (χ3n) is 2.28. The third-order valence-corrected chi connectivity index (χ3v) is 2.28. The smallest absolute Gasteiger partial charge is 0.282 e. The van der Waals surface area contributed by atoms with Crippen LogP contribution in [-0.2, 0) is 0 Å². The summed E-state index contributed by atoms with van der Waals surface area (Å²) in [5.74, 6) is -0.520. The van der Waals surface area contributed by atoms with Crippen molar-refractivity contribution in [3.05, 3.63) is 64.5 Å². The summed E-state index contributed by atoms with van der Waals surface area (Å²) in [5, 5.41) is 13.4.